The van der Waals surface area contributed by atoms with Crippen molar-refractivity contribution in [3.63, 3.8) is 0 Å². The van der Waals surface area contributed by atoms with E-state index in [4.69, 9.17) is 0 Å². The second kappa shape index (κ2) is 8.04. The van der Waals surface area contributed by atoms with E-state index < -0.39 is 0 Å². The van der Waals surface area contributed by atoms with Gasteiger partial charge in [0, 0.05) is 18.8 Å². The Bertz CT molecular complexity index is 404. The summed E-state index contributed by atoms with van der Waals surface area (Å²) < 4.78 is 0. The van der Waals surface area contributed by atoms with Gasteiger partial charge in [0.25, 0.3) is 0 Å². The number of nitrogens with zero attached hydrogens (tertiary/aromatic N) is 1. The number of hydrogen-bond acceptors (Lipinski definition) is 1. The maximum atomic E-state index is 2.73. The van der Waals surface area contributed by atoms with Gasteiger partial charge in [-0.2, -0.15) is 0 Å². The summed E-state index contributed by atoms with van der Waals surface area (Å²) in [6.45, 7) is 4.77. The average molecular weight is 300 g/mol. The van der Waals surface area contributed by atoms with Gasteiger partial charge in [-0.1, -0.05) is 56.2 Å². The molecule has 22 heavy (non-hydrogen) atoms. The van der Waals surface area contributed by atoms with Crippen molar-refractivity contribution in [1.29, 1.82) is 0 Å². The highest BCUT2D eigenvalue weighted by atomic mass is 15.1. The first kappa shape index (κ1) is 15.9. The summed E-state index contributed by atoms with van der Waals surface area (Å²) in [6, 6.07) is 9.26. The molecule has 0 saturated heterocycles. The molecule has 122 valence electrons. The van der Waals surface area contributed by atoms with Gasteiger partial charge in [0.05, 0.1) is 0 Å². The lowest BCUT2D eigenvalue weighted by molar-refractivity contribution is 0.327. The summed E-state index contributed by atoms with van der Waals surface area (Å²) in [5, 5.41) is 0. The minimum Gasteiger partial charge on any atom is -0.371 e. The molecule has 0 spiro atoms. The van der Waals surface area contributed by atoms with Crippen molar-refractivity contribution in [1.82, 2.24) is 0 Å². The van der Waals surface area contributed by atoms with E-state index in [1.165, 1.54) is 88.5 Å². The highest BCUT2D eigenvalue weighted by Crippen LogP contribution is 2.30. The van der Waals surface area contributed by atoms with Gasteiger partial charge < -0.3 is 4.90 Å². The van der Waals surface area contributed by atoms with Crippen LogP contribution in [0.5, 0.6) is 0 Å². The Kier molecular flexibility index (Phi) is 5.81. The molecule has 1 heteroatoms. The zero-order valence-electron chi connectivity index (χ0n) is 14.4. The Hall–Kier alpha value is -0.980. The van der Waals surface area contributed by atoms with Crippen molar-refractivity contribution in [2.45, 2.75) is 71.1 Å². The maximum Gasteiger partial charge on any atom is 0.0366 e. The molecule has 0 bridgehead atoms. The molecule has 2 saturated carbocycles. The van der Waals surface area contributed by atoms with E-state index in [9.17, 15) is 0 Å². The predicted molar refractivity (Wildman–Crippen MR) is 96.5 cm³/mol. The molecule has 1 aromatic rings. The number of anilines is 1. The zero-order valence-corrected chi connectivity index (χ0v) is 14.4. The maximum absolute atomic E-state index is 2.73. The van der Waals surface area contributed by atoms with E-state index in [0.29, 0.717) is 0 Å². The van der Waals surface area contributed by atoms with E-state index >= 15 is 0 Å². The molecule has 2 fully saturated rings. The van der Waals surface area contributed by atoms with Crippen molar-refractivity contribution < 1.29 is 0 Å². The molecular weight excluding hydrogens is 266 g/mol. The van der Waals surface area contributed by atoms with Crippen molar-refractivity contribution in [2.24, 2.45) is 11.8 Å². The van der Waals surface area contributed by atoms with Gasteiger partial charge in [-0.05, 0) is 56.6 Å². The van der Waals surface area contributed by atoms with Crippen molar-refractivity contribution in [3.8, 4) is 0 Å². The predicted octanol–water partition coefficient (Wildman–Crippen LogP) is 5.96. The molecule has 1 nitrogen and oxygen atoms in total. The normalized spacial score (nSPS) is 21.0. The van der Waals surface area contributed by atoms with Crippen LogP contribution in [0.4, 0.5) is 5.69 Å². The van der Waals surface area contributed by atoms with E-state index in [2.05, 4.69) is 36.1 Å². The summed E-state index contributed by atoms with van der Waals surface area (Å²) in [6.07, 6.45) is 14.5. The standard InChI is InChI=1S/C21H33N/c1-18-12-14-21(15-13-18)22(16-19-8-4-2-5-9-19)17-20-10-6-3-7-11-20/h12-15,19-20H,2-11,16-17H2,1H3. The van der Waals surface area contributed by atoms with Crippen LogP contribution in [0.2, 0.25) is 0 Å². The van der Waals surface area contributed by atoms with Crippen LogP contribution in [0.1, 0.15) is 69.8 Å². The second-order valence-corrected chi connectivity index (χ2v) is 7.75. The Morgan fingerprint density at radius 1 is 0.727 bits per heavy atom. The number of benzene rings is 1. The molecule has 0 N–H and O–H groups in total. The molecule has 0 aromatic heterocycles. The lowest BCUT2D eigenvalue weighted by Crippen LogP contribution is -2.35. The number of hydrogen-bond donors (Lipinski definition) is 0. The molecule has 0 amide bonds. The third kappa shape index (κ3) is 4.51. The van der Waals surface area contributed by atoms with E-state index in [1.54, 1.807) is 0 Å². The summed E-state index contributed by atoms with van der Waals surface area (Å²) in [5.41, 5.74) is 2.83. The quantitative estimate of drug-likeness (QED) is 0.648. The van der Waals surface area contributed by atoms with Crippen molar-refractivity contribution >= 4 is 5.69 Å². The van der Waals surface area contributed by atoms with Crippen molar-refractivity contribution in [2.75, 3.05) is 18.0 Å². The summed E-state index contributed by atoms with van der Waals surface area (Å²) in [7, 11) is 0. The minimum absolute atomic E-state index is 0.929. The molecule has 0 heterocycles. The third-order valence-corrected chi connectivity index (χ3v) is 5.81. The van der Waals surface area contributed by atoms with E-state index in [0.717, 1.165) is 11.8 Å². The first-order chi connectivity index (χ1) is 10.8. The van der Waals surface area contributed by atoms with Crippen LogP contribution in [0.3, 0.4) is 0 Å². The fourth-order valence-electron chi connectivity index (χ4n) is 4.40. The molecular formula is C21H33N. The fraction of sp³-hybridized carbons (Fsp3) is 0.714. The smallest absolute Gasteiger partial charge is 0.0366 e. The number of aryl methyl sites for hydroxylation is 1. The highest BCUT2D eigenvalue weighted by Gasteiger charge is 2.21. The molecule has 0 unspecified atom stereocenters. The zero-order chi connectivity index (χ0) is 15.2. The Morgan fingerprint density at radius 2 is 1.18 bits per heavy atom. The van der Waals surface area contributed by atoms with Gasteiger partial charge in [0.2, 0.25) is 0 Å². The van der Waals surface area contributed by atoms with Crippen LogP contribution in [0, 0.1) is 18.8 Å². The molecule has 2 aliphatic carbocycles. The van der Waals surface area contributed by atoms with Gasteiger partial charge in [0.15, 0.2) is 0 Å². The average Bonchev–Trinajstić information content (AvgIpc) is 2.57. The summed E-state index contributed by atoms with van der Waals surface area (Å²) in [5.74, 6) is 1.86. The molecule has 3 rings (SSSR count). The van der Waals surface area contributed by atoms with Gasteiger partial charge in [-0.25, -0.2) is 0 Å². The second-order valence-electron chi connectivity index (χ2n) is 7.75. The first-order valence-corrected chi connectivity index (χ1v) is 9.63. The molecule has 0 aliphatic heterocycles. The van der Waals surface area contributed by atoms with E-state index in [-0.39, 0.29) is 0 Å². The fourth-order valence-corrected chi connectivity index (χ4v) is 4.40. The SMILES string of the molecule is Cc1ccc(N(CC2CCCCC2)CC2CCCCC2)cc1. The van der Waals surface area contributed by atoms with Crippen LogP contribution in [-0.4, -0.2) is 13.1 Å². The Balaban J connectivity index is 1.67. The largest absolute Gasteiger partial charge is 0.371 e. The topological polar surface area (TPSA) is 3.24 Å². The summed E-state index contributed by atoms with van der Waals surface area (Å²) >= 11 is 0. The molecule has 0 atom stereocenters. The van der Waals surface area contributed by atoms with Gasteiger partial charge in [-0.15, -0.1) is 0 Å². The van der Waals surface area contributed by atoms with E-state index in [1.807, 2.05) is 0 Å². The summed E-state index contributed by atoms with van der Waals surface area (Å²) in [4.78, 5) is 2.73. The van der Waals surface area contributed by atoms with Gasteiger partial charge in [-0.3, -0.25) is 0 Å². The van der Waals surface area contributed by atoms with Crippen molar-refractivity contribution in [3.05, 3.63) is 29.8 Å². The monoisotopic (exact) mass is 299 g/mol. The molecule has 2 aliphatic rings. The van der Waals surface area contributed by atoms with Crippen LogP contribution in [0.25, 0.3) is 0 Å². The Labute approximate surface area is 137 Å². The molecule has 0 radical (unpaired) electrons. The first-order valence-electron chi connectivity index (χ1n) is 9.63. The number of rotatable bonds is 5. The lowest BCUT2D eigenvalue weighted by Gasteiger charge is -2.35. The van der Waals surface area contributed by atoms with Crippen LogP contribution < -0.4 is 4.90 Å². The van der Waals surface area contributed by atoms with Crippen LogP contribution >= 0.6 is 0 Å². The lowest BCUT2D eigenvalue weighted by atomic mass is 9.86. The van der Waals surface area contributed by atoms with Crippen LogP contribution in [-0.2, 0) is 0 Å². The van der Waals surface area contributed by atoms with Gasteiger partial charge in [0.1, 0.15) is 0 Å². The van der Waals surface area contributed by atoms with Crippen LogP contribution in [0.15, 0.2) is 24.3 Å². The van der Waals surface area contributed by atoms with Gasteiger partial charge >= 0.3 is 0 Å². The minimum atomic E-state index is 0.929. The Morgan fingerprint density at radius 3 is 1.64 bits per heavy atom. The third-order valence-electron chi connectivity index (χ3n) is 5.81. The molecule has 1 aromatic carbocycles. The highest BCUT2D eigenvalue weighted by molar-refractivity contribution is 5.47.